The summed E-state index contributed by atoms with van der Waals surface area (Å²) in [5, 5.41) is 2.83. The van der Waals surface area contributed by atoms with Gasteiger partial charge < -0.3 is 5.32 Å². The van der Waals surface area contributed by atoms with Crippen molar-refractivity contribution in [1.29, 1.82) is 0 Å². The summed E-state index contributed by atoms with van der Waals surface area (Å²) in [5.74, 6) is -0.349. The van der Waals surface area contributed by atoms with Crippen molar-refractivity contribution >= 4 is 39.3 Å². The van der Waals surface area contributed by atoms with Crippen LogP contribution in [0.15, 0.2) is 28.7 Å². The molecule has 1 aliphatic carbocycles. The van der Waals surface area contributed by atoms with E-state index < -0.39 is 5.41 Å². The van der Waals surface area contributed by atoms with Gasteiger partial charge in [0.1, 0.15) is 0 Å². The lowest BCUT2D eigenvalue weighted by Crippen LogP contribution is -2.59. The molecule has 1 saturated carbocycles. The molecule has 2 atom stereocenters. The standard InChI is InChI=1S/C20H25BrN2O3/c1-19(2)15-10-11-20(19,3)18(26)23(17(15)25)12-4-5-16(24)22-14-8-6-13(21)7-9-14/h6-9,15H,4-5,10-12H2,1-3H3,(H,22,24). The summed E-state index contributed by atoms with van der Waals surface area (Å²) in [4.78, 5) is 39.2. The number of imide groups is 1. The molecule has 6 heteroatoms. The highest BCUT2D eigenvalue weighted by Crippen LogP contribution is 2.60. The van der Waals surface area contributed by atoms with E-state index in [2.05, 4.69) is 21.2 Å². The summed E-state index contributed by atoms with van der Waals surface area (Å²) in [6.07, 6.45) is 2.28. The van der Waals surface area contributed by atoms with Crippen LogP contribution in [0.5, 0.6) is 0 Å². The highest BCUT2D eigenvalue weighted by Gasteiger charge is 2.64. The number of nitrogens with zero attached hydrogens (tertiary/aromatic N) is 1. The van der Waals surface area contributed by atoms with Gasteiger partial charge in [-0.05, 0) is 48.9 Å². The zero-order valence-corrected chi connectivity index (χ0v) is 17.1. The highest BCUT2D eigenvalue weighted by atomic mass is 79.9. The van der Waals surface area contributed by atoms with Crippen LogP contribution in [0.4, 0.5) is 5.69 Å². The van der Waals surface area contributed by atoms with Crippen molar-refractivity contribution in [3.05, 3.63) is 28.7 Å². The summed E-state index contributed by atoms with van der Waals surface area (Å²) in [7, 11) is 0. The van der Waals surface area contributed by atoms with Crippen LogP contribution in [0.1, 0.15) is 46.5 Å². The van der Waals surface area contributed by atoms with E-state index in [1.54, 1.807) is 0 Å². The van der Waals surface area contributed by atoms with Crippen molar-refractivity contribution in [3.8, 4) is 0 Å². The van der Waals surface area contributed by atoms with Gasteiger partial charge in [0.2, 0.25) is 17.7 Å². The molecular formula is C20H25BrN2O3. The number of benzene rings is 1. The third-order valence-corrected chi connectivity index (χ3v) is 6.95. The summed E-state index contributed by atoms with van der Waals surface area (Å²) in [6, 6.07) is 7.36. The molecule has 1 aliphatic heterocycles. The van der Waals surface area contributed by atoms with E-state index in [0.29, 0.717) is 13.0 Å². The Labute approximate surface area is 162 Å². The van der Waals surface area contributed by atoms with Crippen LogP contribution in [-0.2, 0) is 14.4 Å². The lowest BCUT2D eigenvalue weighted by molar-refractivity contribution is -0.168. The van der Waals surface area contributed by atoms with Crippen LogP contribution in [0, 0.1) is 16.7 Å². The predicted molar refractivity (Wildman–Crippen MR) is 103 cm³/mol. The van der Waals surface area contributed by atoms with Crippen molar-refractivity contribution in [2.75, 3.05) is 11.9 Å². The molecule has 0 spiro atoms. The van der Waals surface area contributed by atoms with Gasteiger partial charge in [-0.3, -0.25) is 19.3 Å². The number of hydrogen-bond acceptors (Lipinski definition) is 3. The van der Waals surface area contributed by atoms with Crippen molar-refractivity contribution < 1.29 is 14.4 Å². The van der Waals surface area contributed by atoms with Crippen LogP contribution in [0.25, 0.3) is 0 Å². The Bertz CT molecular complexity index is 744. The second-order valence-electron chi connectivity index (χ2n) is 8.10. The van der Waals surface area contributed by atoms with E-state index in [1.165, 1.54) is 4.90 Å². The molecule has 2 unspecified atom stereocenters. The number of amides is 3. The number of anilines is 1. The fraction of sp³-hybridized carbons (Fsp3) is 0.550. The molecule has 1 N–H and O–H groups in total. The number of fused-ring (bicyclic) bond motifs is 2. The van der Waals surface area contributed by atoms with Gasteiger partial charge in [0.05, 0.1) is 5.41 Å². The number of rotatable bonds is 5. The number of carbonyl (C=O) groups is 3. The maximum Gasteiger partial charge on any atom is 0.235 e. The van der Waals surface area contributed by atoms with Crippen LogP contribution >= 0.6 is 15.9 Å². The molecule has 1 saturated heterocycles. The zero-order chi connectivity index (χ0) is 19.1. The quantitative estimate of drug-likeness (QED) is 0.732. The molecule has 2 fully saturated rings. The van der Waals surface area contributed by atoms with Crippen LogP contribution < -0.4 is 5.32 Å². The second kappa shape index (κ2) is 6.80. The molecule has 1 heterocycles. The van der Waals surface area contributed by atoms with Gasteiger partial charge in [0.25, 0.3) is 0 Å². The van der Waals surface area contributed by atoms with Gasteiger partial charge >= 0.3 is 0 Å². The average Bonchev–Trinajstić information content (AvgIpc) is 2.77. The minimum atomic E-state index is -0.481. The second-order valence-corrected chi connectivity index (χ2v) is 9.01. The number of nitrogens with one attached hydrogen (secondary N) is 1. The van der Waals surface area contributed by atoms with E-state index in [4.69, 9.17) is 0 Å². The Morgan fingerprint density at radius 1 is 1.23 bits per heavy atom. The molecule has 26 heavy (non-hydrogen) atoms. The average molecular weight is 421 g/mol. The smallest absolute Gasteiger partial charge is 0.235 e. The molecule has 140 valence electrons. The van der Waals surface area contributed by atoms with Crippen LogP contribution in [0.2, 0.25) is 0 Å². The first-order chi connectivity index (χ1) is 12.2. The first kappa shape index (κ1) is 19.1. The van der Waals surface area contributed by atoms with Crippen LogP contribution in [-0.4, -0.2) is 29.2 Å². The Hall–Kier alpha value is -1.69. The Morgan fingerprint density at radius 3 is 2.54 bits per heavy atom. The van der Waals surface area contributed by atoms with E-state index >= 15 is 0 Å². The summed E-state index contributed by atoms with van der Waals surface area (Å²) >= 11 is 3.35. The van der Waals surface area contributed by atoms with Gasteiger partial charge in [-0.15, -0.1) is 0 Å². The number of carbonyl (C=O) groups excluding carboxylic acids is 3. The molecule has 0 aromatic heterocycles. The minimum Gasteiger partial charge on any atom is -0.326 e. The maximum atomic E-state index is 12.9. The molecule has 2 aliphatic rings. The molecule has 2 bridgehead atoms. The Balaban J connectivity index is 1.57. The van der Waals surface area contributed by atoms with E-state index in [0.717, 1.165) is 23.0 Å². The summed E-state index contributed by atoms with van der Waals surface area (Å²) < 4.78 is 0.948. The third-order valence-electron chi connectivity index (χ3n) is 6.42. The monoisotopic (exact) mass is 420 g/mol. The predicted octanol–water partition coefficient (Wildman–Crippen LogP) is 3.98. The highest BCUT2D eigenvalue weighted by molar-refractivity contribution is 9.10. The summed E-state index contributed by atoms with van der Waals surface area (Å²) in [5.41, 5.74) is -0.0438. The zero-order valence-electron chi connectivity index (χ0n) is 15.5. The molecule has 3 amide bonds. The normalized spacial score (nSPS) is 26.9. The van der Waals surface area contributed by atoms with Crippen molar-refractivity contribution in [2.24, 2.45) is 16.7 Å². The van der Waals surface area contributed by atoms with Crippen LogP contribution in [0.3, 0.4) is 0 Å². The van der Waals surface area contributed by atoms with Crippen molar-refractivity contribution in [1.82, 2.24) is 4.90 Å². The van der Waals surface area contributed by atoms with Gasteiger partial charge in [-0.2, -0.15) is 0 Å². The molecule has 1 aromatic carbocycles. The Kier molecular flexibility index (Phi) is 4.99. The van der Waals surface area contributed by atoms with Gasteiger partial charge in [-0.1, -0.05) is 36.7 Å². The fourth-order valence-electron chi connectivity index (χ4n) is 4.27. The summed E-state index contributed by atoms with van der Waals surface area (Å²) in [6.45, 7) is 6.36. The lowest BCUT2D eigenvalue weighted by atomic mass is 9.62. The van der Waals surface area contributed by atoms with Crippen molar-refractivity contribution in [3.63, 3.8) is 0 Å². The first-order valence-corrected chi connectivity index (χ1v) is 9.87. The molecule has 0 radical (unpaired) electrons. The molecule has 3 rings (SSSR count). The largest absolute Gasteiger partial charge is 0.326 e. The first-order valence-electron chi connectivity index (χ1n) is 9.08. The number of hydrogen-bond donors (Lipinski definition) is 1. The third kappa shape index (κ3) is 3.08. The Morgan fingerprint density at radius 2 is 1.88 bits per heavy atom. The van der Waals surface area contributed by atoms with Gasteiger partial charge in [0, 0.05) is 29.0 Å². The molecular weight excluding hydrogens is 396 g/mol. The molecule has 1 aromatic rings. The van der Waals surface area contributed by atoms with Gasteiger partial charge in [-0.25, -0.2) is 0 Å². The van der Waals surface area contributed by atoms with E-state index in [9.17, 15) is 14.4 Å². The SMILES string of the molecule is CC12CCC(C(=O)N(CCCC(=O)Nc3ccc(Br)cc3)C1=O)C2(C)C. The van der Waals surface area contributed by atoms with Crippen molar-refractivity contribution in [2.45, 2.75) is 46.5 Å². The topological polar surface area (TPSA) is 66.5 Å². The molecule has 5 nitrogen and oxygen atoms in total. The minimum absolute atomic E-state index is 0.0664. The lowest BCUT2D eigenvalue weighted by Gasteiger charge is -2.47. The number of piperidine rings is 1. The van der Waals surface area contributed by atoms with E-state index in [-0.39, 0.29) is 35.5 Å². The number of likely N-dealkylation sites (tertiary alicyclic amines) is 1. The van der Waals surface area contributed by atoms with Gasteiger partial charge in [0.15, 0.2) is 0 Å². The number of halogens is 1. The maximum absolute atomic E-state index is 12.9. The van der Waals surface area contributed by atoms with E-state index in [1.807, 2.05) is 45.0 Å². The fourth-order valence-corrected chi connectivity index (χ4v) is 4.53.